The van der Waals surface area contributed by atoms with Crippen LogP contribution in [0.4, 0.5) is 0 Å². The van der Waals surface area contributed by atoms with Crippen LogP contribution in [-0.2, 0) is 16.0 Å². The molecule has 1 saturated heterocycles. The van der Waals surface area contributed by atoms with E-state index in [9.17, 15) is 0 Å². The molecule has 5 nitrogen and oxygen atoms in total. The van der Waals surface area contributed by atoms with Crippen LogP contribution in [0.25, 0.3) is 0 Å². The molecule has 2 N–H and O–H groups in total. The Hall–Kier alpha value is -0.380. The normalized spacial score (nSPS) is 18.3. The quantitative estimate of drug-likeness (QED) is 0.305. The maximum absolute atomic E-state index is 5.59. The number of guanidine groups is 1. The highest BCUT2D eigenvalue weighted by Gasteiger charge is 2.14. The van der Waals surface area contributed by atoms with Gasteiger partial charge in [0.05, 0.1) is 19.3 Å². The second kappa shape index (κ2) is 11.2. The maximum atomic E-state index is 5.59. The fourth-order valence-electron chi connectivity index (χ4n) is 2.03. The van der Waals surface area contributed by atoms with E-state index in [1.165, 1.54) is 5.56 Å². The molecule has 0 aliphatic carbocycles. The van der Waals surface area contributed by atoms with E-state index in [4.69, 9.17) is 9.47 Å². The second-order valence-electron chi connectivity index (χ2n) is 4.69. The number of hydrogen-bond acceptors (Lipinski definition) is 4. The molecular weight excluding hydrogens is 401 g/mol. The average molecular weight is 425 g/mol. The summed E-state index contributed by atoms with van der Waals surface area (Å²) in [5.41, 5.74) is 1.27. The summed E-state index contributed by atoms with van der Waals surface area (Å²) < 4.78 is 11.1. The van der Waals surface area contributed by atoms with Crippen molar-refractivity contribution in [2.24, 2.45) is 4.99 Å². The van der Waals surface area contributed by atoms with Crippen LogP contribution in [0, 0.1) is 0 Å². The fourth-order valence-corrected chi connectivity index (χ4v) is 2.70. The third-order valence-electron chi connectivity index (χ3n) is 3.13. The van der Waals surface area contributed by atoms with E-state index in [-0.39, 0.29) is 24.0 Å². The Morgan fingerprint density at radius 2 is 2.43 bits per heavy atom. The fraction of sp³-hybridized carbons (Fsp3) is 0.643. The number of ether oxygens (including phenoxy) is 2. The lowest BCUT2D eigenvalue weighted by Gasteiger charge is -2.13. The molecular formula is C14H24IN3O2S. The summed E-state index contributed by atoms with van der Waals surface area (Å²) in [5, 5.41) is 10.7. The van der Waals surface area contributed by atoms with Crippen molar-refractivity contribution in [3.8, 4) is 0 Å². The molecule has 0 bridgehead atoms. The number of halogens is 1. The predicted octanol–water partition coefficient (Wildman–Crippen LogP) is 2.23. The molecule has 120 valence electrons. The Bertz CT molecular complexity index is 395. The first kappa shape index (κ1) is 18.7. The summed E-state index contributed by atoms with van der Waals surface area (Å²) in [6, 6.07) is 2.11. The molecule has 1 fully saturated rings. The lowest BCUT2D eigenvalue weighted by atomic mass is 10.2. The van der Waals surface area contributed by atoms with Crippen LogP contribution in [-0.4, -0.2) is 45.5 Å². The standard InChI is InChI=1S/C14H23N3O2S.HI/c1-15-14(17-9-12-4-8-20-11-12)16-5-7-18-10-13-3-2-6-19-13;/h4,8,11,13H,2-3,5-7,9-10H2,1H3,(H2,15,16,17);1H. The molecule has 2 rings (SSSR count). The summed E-state index contributed by atoms with van der Waals surface area (Å²) in [6.07, 6.45) is 2.58. The average Bonchev–Trinajstić information content (AvgIpc) is 3.14. The van der Waals surface area contributed by atoms with Crippen LogP contribution in [0.2, 0.25) is 0 Å². The van der Waals surface area contributed by atoms with Gasteiger partial charge in [-0.3, -0.25) is 4.99 Å². The van der Waals surface area contributed by atoms with Gasteiger partial charge in [0, 0.05) is 26.7 Å². The summed E-state index contributed by atoms with van der Waals surface area (Å²) in [4.78, 5) is 4.18. The van der Waals surface area contributed by atoms with Crippen molar-refractivity contribution in [2.75, 3.05) is 33.4 Å². The molecule has 7 heteroatoms. The number of aliphatic imine (C=N–C) groups is 1. The number of nitrogens with zero attached hydrogens (tertiary/aromatic N) is 1. The van der Waals surface area contributed by atoms with E-state index in [1.807, 2.05) is 0 Å². The predicted molar refractivity (Wildman–Crippen MR) is 97.7 cm³/mol. The van der Waals surface area contributed by atoms with Crippen LogP contribution in [0.1, 0.15) is 18.4 Å². The van der Waals surface area contributed by atoms with Gasteiger partial charge >= 0.3 is 0 Å². The summed E-state index contributed by atoms with van der Waals surface area (Å²) in [6.45, 7) is 3.78. The smallest absolute Gasteiger partial charge is 0.191 e. The Labute approximate surface area is 147 Å². The van der Waals surface area contributed by atoms with Gasteiger partial charge in [-0.25, -0.2) is 0 Å². The van der Waals surface area contributed by atoms with Crippen LogP contribution in [0.5, 0.6) is 0 Å². The number of hydrogen-bond donors (Lipinski definition) is 2. The maximum Gasteiger partial charge on any atom is 0.191 e. The SMILES string of the molecule is CN=C(NCCOCC1CCCO1)NCc1ccsc1.I. The van der Waals surface area contributed by atoms with Gasteiger partial charge in [-0.05, 0) is 35.2 Å². The third kappa shape index (κ3) is 7.44. The largest absolute Gasteiger partial charge is 0.377 e. The minimum Gasteiger partial charge on any atom is -0.377 e. The van der Waals surface area contributed by atoms with Crippen molar-refractivity contribution >= 4 is 41.3 Å². The lowest BCUT2D eigenvalue weighted by Crippen LogP contribution is -2.38. The molecule has 0 aromatic carbocycles. The number of thiophene rings is 1. The van der Waals surface area contributed by atoms with Crippen LogP contribution in [0.3, 0.4) is 0 Å². The number of rotatable bonds is 7. The first-order valence-electron chi connectivity index (χ1n) is 7.03. The van der Waals surface area contributed by atoms with Gasteiger partial charge in [0.1, 0.15) is 0 Å². The zero-order chi connectivity index (χ0) is 14.0. The molecule has 0 amide bonds. The van der Waals surface area contributed by atoms with Crippen molar-refractivity contribution < 1.29 is 9.47 Å². The van der Waals surface area contributed by atoms with Gasteiger partial charge in [0.25, 0.3) is 0 Å². The summed E-state index contributed by atoms with van der Waals surface area (Å²) >= 11 is 1.70. The molecule has 2 heterocycles. The minimum atomic E-state index is 0. The molecule has 1 aromatic heterocycles. The minimum absolute atomic E-state index is 0. The van der Waals surface area contributed by atoms with Gasteiger partial charge < -0.3 is 20.1 Å². The van der Waals surface area contributed by atoms with Crippen molar-refractivity contribution in [1.29, 1.82) is 0 Å². The van der Waals surface area contributed by atoms with Gasteiger partial charge in [0.15, 0.2) is 5.96 Å². The van der Waals surface area contributed by atoms with Crippen LogP contribution in [0.15, 0.2) is 21.8 Å². The molecule has 1 aromatic rings. The first-order valence-corrected chi connectivity index (χ1v) is 7.97. The van der Waals surface area contributed by atoms with Gasteiger partial charge in [-0.15, -0.1) is 24.0 Å². The van der Waals surface area contributed by atoms with Crippen molar-refractivity contribution in [3.05, 3.63) is 22.4 Å². The molecule has 0 spiro atoms. The van der Waals surface area contributed by atoms with E-state index in [2.05, 4.69) is 32.5 Å². The molecule has 1 aliphatic heterocycles. The molecule has 21 heavy (non-hydrogen) atoms. The van der Waals surface area contributed by atoms with Gasteiger partial charge in [-0.1, -0.05) is 0 Å². The summed E-state index contributed by atoms with van der Waals surface area (Å²) in [5.74, 6) is 0.803. The molecule has 0 radical (unpaired) electrons. The van der Waals surface area contributed by atoms with E-state index in [1.54, 1.807) is 18.4 Å². The van der Waals surface area contributed by atoms with Crippen molar-refractivity contribution in [3.63, 3.8) is 0 Å². The molecule has 0 saturated carbocycles. The highest BCUT2D eigenvalue weighted by Crippen LogP contribution is 2.11. The Morgan fingerprint density at radius 3 is 3.10 bits per heavy atom. The Kier molecular flexibility index (Phi) is 9.98. The first-order chi connectivity index (χ1) is 9.88. The zero-order valence-corrected chi connectivity index (χ0v) is 15.5. The highest BCUT2D eigenvalue weighted by atomic mass is 127. The third-order valence-corrected chi connectivity index (χ3v) is 3.86. The Balaban J connectivity index is 0.00000220. The van der Waals surface area contributed by atoms with Gasteiger partial charge in [0.2, 0.25) is 0 Å². The highest BCUT2D eigenvalue weighted by molar-refractivity contribution is 14.0. The van der Waals surface area contributed by atoms with Crippen molar-refractivity contribution in [2.45, 2.75) is 25.5 Å². The lowest BCUT2D eigenvalue weighted by molar-refractivity contribution is 0.0191. The van der Waals surface area contributed by atoms with E-state index >= 15 is 0 Å². The molecule has 1 aliphatic rings. The zero-order valence-electron chi connectivity index (χ0n) is 12.3. The van der Waals surface area contributed by atoms with Gasteiger partial charge in [-0.2, -0.15) is 11.3 Å². The number of nitrogens with one attached hydrogen (secondary N) is 2. The van der Waals surface area contributed by atoms with Crippen LogP contribution < -0.4 is 10.6 Å². The summed E-state index contributed by atoms with van der Waals surface area (Å²) in [7, 11) is 1.77. The van der Waals surface area contributed by atoms with Crippen molar-refractivity contribution in [1.82, 2.24) is 10.6 Å². The van der Waals surface area contributed by atoms with E-state index in [0.29, 0.717) is 19.3 Å². The Morgan fingerprint density at radius 1 is 1.52 bits per heavy atom. The topological polar surface area (TPSA) is 54.9 Å². The van der Waals surface area contributed by atoms with E-state index < -0.39 is 0 Å². The molecule has 1 unspecified atom stereocenters. The second-order valence-corrected chi connectivity index (χ2v) is 5.47. The molecule has 1 atom stereocenters. The monoisotopic (exact) mass is 425 g/mol. The van der Waals surface area contributed by atoms with E-state index in [0.717, 1.165) is 38.5 Å². The van der Waals surface area contributed by atoms with Crippen LogP contribution >= 0.6 is 35.3 Å².